The monoisotopic (exact) mass is 360 g/mol. The Hall–Kier alpha value is -3.73. The Morgan fingerprint density at radius 1 is 0.821 bits per heavy atom. The van der Waals surface area contributed by atoms with E-state index in [-0.39, 0.29) is 0 Å². The first-order chi connectivity index (χ1) is 13.7. The molecule has 2 heterocycles. The predicted octanol–water partition coefficient (Wildman–Crippen LogP) is 3.86. The van der Waals surface area contributed by atoms with Crippen LogP contribution in [0.4, 0.5) is 5.69 Å². The summed E-state index contributed by atoms with van der Waals surface area (Å²) in [7, 11) is 2.11. The fourth-order valence-electron chi connectivity index (χ4n) is 4.25. The van der Waals surface area contributed by atoms with E-state index in [4.69, 9.17) is 10.7 Å². The molecule has 132 valence electrons. The topological polar surface area (TPSA) is 70.5 Å². The number of rotatable bonds is 1. The van der Waals surface area contributed by atoms with Gasteiger partial charge in [-0.25, -0.2) is 4.98 Å². The number of benzene rings is 4. The molecule has 0 fully saturated rings. The van der Waals surface area contributed by atoms with Gasteiger partial charge in [-0.3, -0.25) is 0 Å². The van der Waals surface area contributed by atoms with Gasteiger partial charge < -0.3 is 15.7 Å². The Labute approximate surface area is 161 Å². The van der Waals surface area contributed by atoms with E-state index >= 15 is 0 Å². The molecule has 0 aliphatic heterocycles. The number of aromatic amines is 2. The van der Waals surface area contributed by atoms with Crippen LogP contribution in [0.3, 0.4) is 0 Å². The van der Waals surface area contributed by atoms with Crippen LogP contribution in [0, 0.1) is 0 Å². The number of nitrogens with two attached hydrogens (primary N) is 1. The third-order valence-electron chi connectivity index (χ3n) is 5.58. The average molecular weight is 360 g/mol. The van der Waals surface area contributed by atoms with Crippen LogP contribution in [-0.4, -0.2) is 22.8 Å². The first-order valence-electron chi connectivity index (χ1n) is 9.37. The summed E-state index contributed by atoms with van der Waals surface area (Å²) in [5, 5.41) is 5.77. The number of hydrogen-bond donors (Lipinski definition) is 3. The smallest absolute Gasteiger partial charge is 0.140 e. The van der Waals surface area contributed by atoms with Crippen LogP contribution in [0.5, 0.6) is 0 Å². The Morgan fingerprint density at radius 3 is 2.57 bits per heavy atom. The highest BCUT2D eigenvalue weighted by atomic mass is 14.9. The molecule has 5 heteroatoms. The molecule has 0 aliphatic rings. The number of nitrogen functional groups attached to an aromatic ring is 1. The zero-order valence-electron chi connectivity index (χ0n) is 15.4. The van der Waals surface area contributed by atoms with Crippen LogP contribution in [0.15, 0.2) is 66.9 Å². The summed E-state index contributed by atoms with van der Waals surface area (Å²) in [5.41, 5.74) is 12.3. The molecule has 0 radical (unpaired) electrons. The van der Waals surface area contributed by atoms with Gasteiger partial charge in [0.2, 0.25) is 0 Å². The normalized spacial score (nSPS) is 11.9. The van der Waals surface area contributed by atoms with Crippen molar-refractivity contribution in [3.05, 3.63) is 66.9 Å². The van der Waals surface area contributed by atoms with Crippen molar-refractivity contribution in [3.8, 4) is 11.4 Å². The number of imidazole rings is 1. The summed E-state index contributed by atoms with van der Waals surface area (Å²) in [5.74, 6) is 0.876. The molecule has 0 spiro atoms. The van der Waals surface area contributed by atoms with Crippen molar-refractivity contribution in [1.82, 2.24) is 15.0 Å². The lowest BCUT2D eigenvalue weighted by molar-refractivity contribution is 1.34. The summed E-state index contributed by atoms with van der Waals surface area (Å²) < 4.78 is 0. The molecule has 0 amide bonds. The van der Waals surface area contributed by atoms with E-state index in [1.54, 1.807) is 0 Å². The van der Waals surface area contributed by atoms with Crippen molar-refractivity contribution in [3.63, 3.8) is 0 Å². The fraction of sp³-hybridized carbons (Fsp3) is 0. The fourth-order valence-corrected chi connectivity index (χ4v) is 4.25. The molecule has 4 N–H and O–H groups in total. The second kappa shape index (κ2) is 5.39. The summed E-state index contributed by atoms with van der Waals surface area (Å²) in [6.45, 7) is 0. The van der Waals surface area contributed by atoms with Gasteiger partial charge in [0.25, 0.3) is 0 Å². The lowest BCUT2D eigenvalue weighted by Crippen LogP contribution is -1.99. The number of hydrogen-bond acceptors (Lipinski definition) is 2. The number of nitrogens with one attached hydrogen (secondary N) is 2. The standard InChI is InChI=1S/C23H17BN4/c24-12-5-8-20-18(9-12)19(11-26-20)23-27-21-15-4-2-1-3-14(15)17-10-13(25)6-7-16(17)22(21)28-23/h1-11,26H,24-25H2,(H,27,28). The van der Waals surface area contributed by atoms with Crippen LogP contribution in [0.1, 0.15) is 0 Å². The second-order valence-electron chi connectivity index (χ2n) is 7.41. The molecule has 0 saturated carbocycles. The lowest BCUT2D eigenvalue weighted by Gasteiger charge is -2.06. The van der Waals surface area contributed by atoms with Crippen LogP contribution in [0.25, 0.3) is 54.9 Å². The van der Waals surface area contributed by atoms with E-state index in [9.17, 15) is 0 Å². The Bertz CT molecular complexity index is 1540. The second-order valence-corrected chi connectivity index (χ2v) is 7.41. The molecule has 4 nitrogen and oxygen atoms in total. The van der Waals surface area contributed by atoms with Crippen molar-refractivity contribution in [2.24, 2.45) is 0 Å². The molecule has 28 heavy (non-hydrogen) atoms. The van der Waals surface area contributed by atoms with Gasteiger partial charge in [0.05, 0.1) is 11.0 Å². The minimum absolute atomic E-state index is 0.767. The third kappa shape index (κ3) is 2.04. The first kappa shape index (κ1) is 15.3. The highest BCUT2D eigenvalue weighted by Crippen LogP contribution is 2.37. The SMILES string of the molecule is Bc1ccc2[nH]cc(-c3nc4c5ccccc5c5cc(N)ccc5c4[nH]3)c2c1. The van der Waals surface area contributed by atoms with Crippen LogP contribution < -0.4 is 11.2 Å². The van der Waals surface area contributed by atoms with E-state index in [2.05, 4.69) is 66.3 Å². The van der Waals surface area contributed by atoms with E-state index < -0.39 is 0 Å². The average Bonchev–Trinajstić information content (AvgIpc) is 3.32. The lowest BCUT2D eigenvalue weighted by atomic mass is 9.94. The van der Waals surface area contributed by atoms with E-state index in [0.29, 0.717) is 0 Å². The summed E-state index contributed by atoms with van der Waals surface area (Å²) in [4.78, 5) is 12.0. The van der Waals surface area contributed by atoms with Gasteiger partial charge in [0.1, 0.15) is 13.7 Å². The Balaban J connectivity index is 1.76. The number of anilines is 1. The molecular formula is C23H17BN4. The maximum absolute atomic E-state index is 6.09. The van der Waals surface area contributed by atoms with E-state index in [1.165, 1.54) is 16.2 Å². The summed E-state index contributed by atoms with van der Waals surface area (Å²) in [6, 6.07) is 20.9. The number of nitrogens with zero attached hydrogens (tertiary/aromatic N) is 1. The molecule has 0 bridgehead atoms. The highest BCUT2D eigenvalue weighted by Gasteiger charge is 2.16. The first-order valence-corrected chi connectivity index (χ1v) is 9.37. The third-order valence-corrected chi connectivity index (χ3v) is 5.58. The van der Waals surface area contributed by atoms with Gasteiger partial charge in [0, 0.05) is 39.1 Å². The molecule has 0 unspecified atom stereocenters. The van der Waals surface area contributed by atoms with Crippen molar-refractivity contribution < 1.29 is 0 Å². The van der Waals surface area contributed by atoms with E-state index in [1.807, 2.05) is 18.3 Å². The molecule has 4 aromatic carbocycles. The maximum Gasteiger partial charge on any atom is 0.140 e. The predicted molar refractivity (Wildman–Crippen MR) is 121 cm³/mol. The Morgan fingerprint density at radius 2 is 1.68 bits per heavy atom. The van der Waals surface area contributed by atoms with Crippen LogP contribution >= 0.6 is 0 Å². The summed E-state index contributed by atoms with van der Waals surface area (Å²) >= 11 is 0. The van der Waals surface area contributed by atoms with Crippen molar-refractivity contribution in [2.45, 2.75) is 0 Å². The van der Waals surface area contributed by atoms with Gasteiger partial charge >= 0.3 is 0 Å². The molecular weight excluding hydrogens is 343 g/mol. The zero-order chi connectivity index (χ0) is 18.8. The molecule has 2 aromatic heterocycles. The van der Waals surface area contributed by atoms with Crippen LogP contribution in [-0.2, 0) is 0 Å². The van der Waals surface area contributed by atoms with Gasteiger partial charge in [-0.1, -0.05) is 47.9 Å². The van der Waals surface area contributed by atoms with Gasteiger partial charge in [-0.05, 0) is 29.0 Å². The quantitative estimate of drug-likeness (QED) is 0.237. The minimum atomic E-state index is 0.767. The largest absolute Gasteiger partial charge is 0.399 e. The van der Waals surface area contributed by atoms with Crippen molar-refractivity contribution >= 4 is 62.5 Å². The molecule has 0 aliphatic carbocycles. The molecule has 0 saturated heterocycles. The van der Waals surface area contributed by atoms with Gasteiger partial charge in [-0.2, -0.15) is 0 Å². The molecule has 0 atom stereocenters. The summed E-state index contributed by atoms with van der Waals surface area (Å²) in [6.07, 6.45) is 2.03. The molecule has 6 rings (SSSR count). The Kier molecular flexibility index (Phi) is 2.96. The zero-order valence-corrected chi connectivity index (χ0v) is 15.4. The number of aromatic nitrogens is 3. The number of fused-ring (bicyclic) bond motifs is 7. The van der Waals surface area contributed by atoms with Crippen LogP contribution in [0.2, 0.25) is 0 Å². The minimum Gasteiger partial charge on any atom is -0.399 e. The molecule has 6 aromatic rings. The van der Waals surface area contributed by atoms with Crippen molar-refractivity contribution in [1.29, 1.82) is 0 Å². The van der Waals surface area contributed by atoms with Gasteiger partial charge in [-0.15, -0.1) is 0 Å². The highest BCUT2D eigenvalue weighted by molar-refractivity contribution is 6.33. The number of H-pyrrole nitrogens is 2. The van der Waals surface area contributed by atoms with E-state index in [0.717, 1.165) is 49.8 Å². The van der Waals surface area contributed by atoms with Crippen molar-refractivity contribution in [2.75, 3.05) is 5.73 Å². The maximum atomic E-state index is 6.09. The van der Waals surface area contributed by atoms with Gasteiger partial charge in [0.15, 0.2) is 0 Å².